The molecule has 3 nitrogen and oxygen atoms in total. The molecule has 0 saturated carbocycles. The number of benzene rings is 1. The van der Waals surface area contributed by atoms with Gasteiger partial charge < -0.3 is 10.6 Å². The highest BCUT2D eigenvalue weighted by atomic mass is 35.5. The standard InChI is InChI=1S/C14H13ClF3N3/c1-8-6-10(19)12(15)11(7-8)21(2)13-9(14(16,17)18)4-3-5-20-13/h3-7H,19H2,1-2H3. The first kappa shape index (κ1) is 15.4. The molecular weight excluding hydrogens is 303 g/mol. The molecule has 1 aromatic carbocycles. The quantitative estimate of drug-likeness (QED) is 0.835. The van der Waals surface area contributed by atoms with E-state index in [0.717, 1.165) is 11.6 Å². The Bertz CT molecular complexity index is 671. The van der Waals surface area contributed by atoms with Crippen molar-refractivity contribution in [3.05, 3.63) is 46.6 Å². The van der Waals surface area contributed by atoms with Crippen LogP contribution < -0.4 is 10.6 Å². The van der Waals surface area contributed by atoms with Crippen molar-refractivity contribution in [1.82, 2.24) is 4.98 Å². The fourth-order valence-electron chi connectivity index (χ4n) is 2.02. The van der Waals surface area contributed by atoms with Crippen molar-refractivity contribution in [2.75, 3.05) is 17.7 Å². The number of halogens is 4. The molecule has 0 fully saturated rings. The Morgan fingerprint density at radius 1 is 1.29 bits per heavy atom. The zero-order chi connectivity index (χ0) is 15.8. The van der Waals surface area contributed by atoms with Gasteiger partial charge in [-0.05, 0) is 36.8 Å². The zero-order valence-electron chi connectivity index (χ0n) is 11.4. The Morgan fingerprint density at radius 2 is 1.95 bits per heavy atom. The third-order valence-electron chi connectivity index (χ3n) is 3.00. The van der Waals surface area contributed by atoms with E-state index in [1.54, 1.807) is 19.1 Å². The molecule has 2 aromatic rings. The zero-order valence-corrected chi connectivity index (χ0v) is 12.1. The highest BCUT2D eigenvalue weighted by molar-refractivity contribution is 6.36. The molecule has 1 heterocycles. The van der Waals surface area contributed by atoms with E-state index in [1.807, 2.05) is 0 Å². The van der Waals surface area contributed by atoms with Gasteiger partial charge in [-0.2, -0.15) is 13.2 Å². The molecule has 0 aliphatic heterocycles. The first-order valence-corrected chi connectivity index (χ1v) is 6.41. The van der Waals surface area contributed by atoms with E-state index in [2.05, 4.69) is 4.98 Å². The molecule has 2 N–H and O–H groups in total. The summed E-state index contributed by atoms with van der Waals surface area (Å²) in [4.78, 5) is 5.11. The maximum absolute atomic E-state index is 13.1. The molecule has 112 valence electrons. The molecule has 0 spiro atoms. The molecule has 0 aliphatic rings. The number of rotatable bonds is 2. The number of hydrogen-bond acceptors (Lipinski definition) is 3. The normalized spacial score (nSPS) is 11.5. The average Bonchev–Trinajstić information content (AvgIpc) is 2.41. The largest absolute Gasteiger partial charge is 0.419 e. The molecule has 0 atom stereocenters. The highest BCUT2D eigenvalue weighted by Gasteiger charge is 2.35. The molecule has 0 saturated heterocycles. The van der Waals surface area contributed by atoms with Crippen LogP contribution in [0.5, 0.6) is 0 Å². The van der Waals surface area contributed by atoms with Crippen LogP contribution in [0.3, 0.4) is 0 Å². The van der Waals surface area contributed by atoms with E-state index >= 15 is 0 Å². The van der Waals surface area contributed by atoms with E-state index in [1.165, 1.54) is 24.2 Å². The molecule has 2 rings (SSSR count). The van der Waals surface area contributed by atoms with Crippen molar-refractivity contribution >= 4 is 28.8 Å². The summed E-state index contributed by atoms with van der Waals surface area (Å²) in [5.74, 6) is -0.225. The smallest absolute Gasteiger partial charge is 0.397 e. The van der Waals surface area contributed by atoms with Crippen LogP contribution in [0.25, 0.3) is 0 Å². The fourth-order valence-corrected chi connectivity index (χ4v) is 2.26. The predicted octanol–water partition coefficient (Wildman–Crippen LogP) is 4.41. The van der Waals surface area contributed by atoms with Gasteiger partial charge in [0.1, 0.15) is 5.82 Å². The Hall–Kier alpha value is -1.95. The van der Waals surface area contributed by atoms with Gasteiger partial charge in [0.15, 0.2) is 0 Å². The van der Waals surface area contributed by atoms with Crippen LogP contribution in [-0.4, -0.2) is 12.0 Å². The lowest BCUT2D eigenvalue weighted by Gasteiger charge is -2.24. The summed E-state index contributed by atoms with van der Waals surface area (Å²) in [6.07, 6.45) is -3.20. The van der Waals surface area contributed by atoms with Gasteiger partial charge in [0.2, 0.25) is 0 Å². The van der Waals surface area contributed by atoms with Gasteiger partial charge in [-0.3, -0.25) is 0 Å². The second-order valence-corrected chi connectivity index (χ2v) is 5.00. The minimum atomic E-state index is -4.50. The average molecular weight is 316 g/mol. The Kier molecular flexibility index (Phi) is 4.00. The fraction of sp³-hybridized carbons (Fsp3) is 0.214. The predicted molar refractivity (Wildman–Crippen MR) is 77.9 cm³/mol. The molecule has 1 aromatic heterocycles. The van der Waals surface area contributed by atoms with Crippen LogP contribution in [0.1, 0.15) is 11.1 Å². The van der Waals surface area contributed by atoms with Crippen molar-refractivity contribution in [3.8, 4) is 0 Å². The van der Waals surface area contributed by atoms with Crippen LogP contribution in [0.4, 0.5) is 30.4 Å². The molecule has 0 radical (unpaired) electrons. The third-order valence-corrected chi connectivity index (χ3v) is 3.41. The van der Waals surface area contributed by atoms with Gasteiger partial charge in [-0.15, -0.1) is 0 Å². The molecule has 0 bridgehead atoms. The lowest BCUT2D eigenvalue weighted by molar-refractivity contribution is -0.137. The molecule has 7 heteroatoms. The van der Waals surface area contributed by atoms with Crippen LogP contribution in [0.15, 0.2) is 30.5 Å². The lowest BCUT2D eigenvalue weighted by atomic mass is 10.1. The van der Waals surface area contributed by atoms with Crippen LogP contribution in [0.2, 0.25) is 5.02 Å². The first-order valence-electron chi connectivity index (χ1n) is 6.03. The molecule has 0 amide bonds. The summed E-state index contributed by atoms with van der Waals surface area (Å²) < 4.78 is 39.2. The number of nitrogen functional groups attached to an aromatic ring is 1. The molecular formula is C14H13ClF3N3. The molecule has 0 aliphatic carbocycles. The van der Waals surface area contributed by atoms with Crippen molar-refractivity contribution in [1.29, 1.82) is 0 Å². The Morgan fingerprint density at radius 3 is 2.57 bits per heavy atom. The number of alkyl halides is 3. The SMILES string of the molecule is Cc1cc(N)c(Cl)c(N(C)c2ncccc2C(F)(F)F)c1. The number of anilines is 3. The topological polar surface area (TPSA) is 42.1 Å². The second kappa shape index (κ2) is 5.44. The number of hydrogen-bond donors (Lipinski definition) is 1. The lowest BCUT2D eigenvalue weighted by Crippen LogP contribution is -2.18. The summed E-state index contributed by atoms with van der Waals surface area (Å²) in [5, 5.41) is 0.196. The monoisotopic (exact) mass is 315 g/mol. The van der Waals surface area contributed by atoms with Gasteiger partial charge in [-0.25, -0.2) is 4.98 Å². The minimum Gasteiger partial charge on any atom is -0.397 e. The third kappa shape index (κ3) is 3.05. The van der Waals surface area contributed by atoms with Gasteiger partial charge >= 0.3 is 6.18 Å². The van der Waals surface area contributed by atoms with E-state index in [0.29, 0.717) is 11.4 Å². The van der Waals surface area contributed by atoms with E-state index in [-0.39, 0.29) is 10.8 Å². The second-order valence-electron chi connectivity index (χ2n) is 4.62. The summed E-state index contributed by atoms with van der Waals surface area (Å²) in [6, 6.07) is 5.54. The van der Waals surface area contributed by atoms with E-state index in [9.17, 15) is 13.2 Å². The number of pyridine rings is 1. The number of nitrogens with zero attached hydrogens (tertiary/aromatic N) is 2. The summed E-state index contributed by atoms with van der Waals surface area (Å²) >= 11 is 6.10. The molecule has 21 heavy (non-hydrogen) atoms. The first-order chi connectivity index (χ1) is 9.71. The Balaban J connectivity index is 2.59. The van der Waals surface area contributed by atoms with E-state index in [4.69, 9.17) is 17.3 Å². The van der Waals surface area contributed by atoms with Crippen LogP contribution >= 0.6 is 11.6 Å². The minimum absolute atomic E-state index is 0.196. The summed E-state index contributed by atoms with van der Waals surface area (Å²) in [5.41, 5.74) is 6.41. The van der Waals surface area contributed by atoms with Crippen molar-refractivity contribution in [2.24, 2.45) is 0 Å². The van der Waals surface area contributed by atoms with Gasteiger partial charge in [0.25, 0.3) is 0 Å². The van der Waals surface area contributed by atoms with Crippen molar-refractivity contribution in [2.45, 2.75) is 13.1 Å². The highest BCUT2D eigenvalue weighted by Crippen LogP contribution is 2.40. The van der Waals surface area contributed by atoms with Crippen LogP contribution in [0, 0.1) is 6.92 Å². The van der Waals surface area contributed by atoms with Crippen molar-refractivity contribution in [3.63, 3.8) is 0 Å². The Labute approximate surface area is 125 Å². The van der Waals surface area contributed by atoms with Crippen LogP contribution in [-0.2, 0) is 6.18 Å². The number of nitrogens with two attached hydrogens (primary N) is 1. The van der Waals surface area contributed by atoms with Gasteiger partial charge in [0.05, 0.1) is 22.0 Å². The van der Waals surface area contributed by atoms with Gasteiger partial charge in [-0.1, -0.05) is 11.6 Å². The van der Waals surface area contributed by atoms with Gasteiger partial charge in [0, 0.05) is 13.2 Å². The molecule has 0 unspecified atom stereocenters. The summed E-state index contributed by atoms with van der Waals surface area (Å²) in [7, 11) is 1.47. The van der Waals surface area contributed by atoms with Crippen molar-refractivity contribution < 1.29 is 13.2 Å². The van der Waals surface area contributed by atoms with E-state index < -0.39 is 11.7 Å². The number of aryl methyl sites for hydroxylation is 1. The maximum atomic E-state index is 13.1. The maximum Gasteiger partial charge on any atom is 0.419 e. The summed E-state index contributed by atoms with van der Waals surface area (Å²) in [6.45, 7) is 1.78. The number of aromatic nitrogens is 1.